The van der Waals surface area contributed by atoms with Crippen LogP contribution in [0, 0.1) is 11.3 Å². The maximum Gasteiger partial charge on any atom is 0.337 e. The highest BCUT2D eigenvalue weighted by molar-refractivity contribution is 6.38. The fourth-order valence-electron chi connectivity index (χ4n) is 3.99. The standard InChI is InChI=1S/C31H40N4O7/c1-18(2)23(24(36)28(39)32-17-20-12-11-15-22(16-20)30(41)42-7)34-26(37)19(3)33-29(40)25(31(4,5)6)35-27(38)21-13-9-8-10-14-21/h8-16,18-19,23,25H,17H2,1-7H3,(H,32,39)(H,33,40)(H,34,37)(H,35,38)/t19-,23?,25+/m0/s1. The van der Waals surface area contributed by atoms with E-state index in [2.05, 4.69) is 21.3 Å². The third-order valence-electron chi connectivity index (χ3n) is 6.46. The van der Waals surface area contributed by atoms with Crippen molar-refractivity contribution in [2.24, 2.45) is 11.3 Å². The lowest BCUT2D eigenvalue weighted by molar-refractivity contribution is -0.141. The molecule has 3 atom stereocenters. The normalized spacial score (nSPS) is 13.2. The predicted octanol–water partition coefficient (Wildman–Crippen LogP) is 2.15. The van der Waals surface area contributed by atoms with Gasteiger partial charge >= 0.3 is 5.97 Å². The number of benzene rings is 2. The topological polar surface area (TPSA) is 160 Å². The van der Waals surface area contributed by atoms with Crippen LogP contribution in [-0.4, -0.2) is 60.6 Å². The first-order chi connectivity index (χ1) is 19.6. The second-order valence-corrected chi connectivity index (χ2v) is 11.3. The molecule has 2 aromatic carbocycles. The number of amides is 4. The number of esters is 1. The molecule has 0 bridgehead atoms. The molecule has 4 amide bonds. The number of hydrogen-bond donors (Lipinski definition) is 4. The number of hydrogen-bond acceptors (Lipinski definition) is 7. The molecule has 42 heavy (non-hydrogen) atoms. The van der Waals surface area contributed by atoms with Crippen LogP contribution in [0.4, 0.5) is 0 Å². The third kappa shape index (κ3) is 9.53. The van der Waals surface area contributed by atoms with Crippen LogP contribution in [0.1, 0.15) is 67.8 Å². The fraction of sp³-hybridized carbons (Fsp3) is 0.419. The smallest absolute Gasteiger partial charge is 0.337 e. The Kier molecular flexibility index (Phi) is 11.9. The molecule has 1 unspecified atom stereocenters. The highest BCUT2D eigenvalue weighted by atomic mass is 16.5. The van der Waals surface area contributed by atoms with Crippen molar-refractivity contribution >= 4 is 35.4 Å². The van der Waals surface area contributed by atoms with E-state index in [4.69, 9.17) is 4.74 Å². The molecule has 0 heterocycles. The van der Waals surface area contributed by atoms with E-state index in [1.54, 1.807) is 83.1 Å². The number of nitrogens with one attached hydrogen (secondary N) is 4. The van der Waals surface area contributed by atoms with Crippen molar-refractivity contribution in [3.8, 4) is 0 Å². The van der Waals surface area contributed by atoms with Gasteiger partial charge < -0.3 is 26.0 Å². The average molecular weight is 581 g/mol. The second kappa shape index (κ2) is 14.9. The van der Waals surface area contributed by atoms with E-state index >= 15 is 0 Å². The van der Waals surface area contributed by atoms with Crippen LogP contribution in [-0.2, 0) is 30.5 Å². The highest BCUT2D eigenvalue weighted by Crippen LogP contribution is 2.20. The Balaban J connectivity index is 2.03. The van der Waals surface area contributed by atoms with Crippen LogP contribution in [0.2, 0.25) is 0 Å². The molecular formula is C31H40N4O7. The first kappa shape index (κ1) is 33.7. The number of methoxy groups -OCH3 is 1. The molecule has 0 fully saturated rings. The zero-order valence-electron chi connectivity index (χ0n) is 25.1. The van der Waals surface area contributed by atoms with Gasteiger partial charge in [-0.2, -0.15) is 0 Å². The van der Waals surface area contributed by atoms with Gasteiger partial charge in [0.25, 0.3) is 11.8 Å². The van der Waals surface area contributed by atoms with Crippen molar-refractivity contribution in [3.05, 3.63) is 71.3 Å². The summed E-state index contributed by atoms with van der Waals surface area (Å²) in [5.74, 6) is -4.42. The lowest BCUT2D eigenvalue weighted by Crippen LogP contribution is -2.59. The molecular weight excluding hydrogens is 540 g/mol. The molecule has 11 nitrogen and oxygen atoms in total. The van der Waals surface area contributed by atoms with E-state index in [1.165, 1.54) is 20.1 Å². The Morgan fingerprint density at radius 2 is 1.40 bits per heavy atom. The zero-order valence-corrected chi connectivity index (χ0v) is 25.1. The van der Waals surface area contributed by atoms with Gasteiger partial charge in [-0.15, -0.1) is 0 Å². The van der Waals surface area contributed by atoms with E-state index in [9.17, 15) is 28.8 Å². The second-order valence-electron chi connectivity index (χ2n) is 11.3. The van der Waals surface area contributed by atoms with Gasteiger partial charge in [0.1, 0.15) is 12.1 Å². The van der Waals surface area contributed by atoms with Crippen molar-refractivity contribution in [1.82, 2.24) is 21.3 Å². The first-order valence-corrected chi connectivity index (χ1v) is 13.6. The summed E-state index contributed by atoms with van der Waals surface area (Å²) in [6, 6.07) is 11.7. The Morgan fingerprint density at radius 3 is 1.98 bits per heavy atom. The lowest BCUT2D eigenvalue weighted by Gasteiger charge is -2.31. The van der Waals surface area contributed by atoms with Gasteiger partial charge in [0.2, 0.25) is 17.6 Å². The summed E-state index contributed by atoms with van der Waals surface area (Å²) in [5, 5.41) is 10.4. The number of carbonyl (C=O) groups is 6. The summed E-state index contributed by atoms with van der Waals surface area (Å²) in [4.78, 5) is 76.3. The van der Waals surface area contributed by atoms with Crippen LogP contribution >= 0.6 is 0 Å². The molecule has 0 saturated heterocycles. The predicted molar refractivity (Wildman–Crippen MR) is 156 cm³/mol. The number of carbonyl (C=O) groups excluding carboxylic acids is 6. The minimum absolute atomic E-state index is 0.0243. The SMILES string of the molecule is COC(=O)c1cccc(CNC(=O)C(=O)C(NC(=O)[C@H](C)NC(=O)[C@@H](NC(=O)c2ccccc2)C(C)(C)C)C(C)C)c1. The van der Waals surface area contributed by atoms with Crippen LogP contribution in [0.25, 0.3) is 0 Å². The maximum absolute atomic E-state index is 13.2. The molecule has 0 aliphatic heterocycles. The Labute approximate surface area is 246 Å². The lowest BCUT2D eigenvalue weighted by atomic mass is 9.85. The van der Waals surface area contributed by atoms with Crippen molar-refractivity contribution in [2.45, 2.75) is 66.2 Å². The first-order valence-electron chi connectivity index (χ1n) is 13.6. The molecule has 11 heteroatoms. The Bertz CT molecular complexity index is 1300. The van der Waals surface area contributed by atoms with Crippen molar-refractivity contribution in [3.63, 3.8) is 0 Å². The van der Waals surface area contributed by atoms with Gasteiger partial charge in [-0.1, -0.05) is 65.0 Å². The summed E-state index contributed by atoms with van der Waals surface area (Å²) in [6.45, 7) is 10.1. The third-order valence-corrected chi connectivity index (χ3v) is 6.46. The molecule has 2 rings (SSSR count). The van der Waals surface area contributed by atoms with E-state index in [1.807, 2.05) is 0 Å². The molecule has 2 aromatic rings. The molecule has 226 valence electrons. The van der Waals surface area contributed by atoms with E-state index in [0.29, 0.717) is 16.7 Å². The highest BCUT2D eigenvalue weighted by Gasteiger charge is 2.36. The Morgan fingerprint density at radius 1 is 0.786 bits per heavy atom. The number of ketones is 1. The summed E-state index contributed by atoms with van der Waals surface area (Å²) < 4.78 is 4.69. The van der Waals surface area contributed by atoms with E-state index in [-0.39, 0.29) is 6.54 Å². The fourth-order valence-corrected chi connectivity index (χ4v) is 3.99. The molecule has 0 saturated carbocycles. The van der Waals surface area contributed by atoms with Gasteiger partial charge in [0.05, 0.1) is 18.7 Å². The number of Topliss-reactive ketones (excluding diaryl/α,β-unsaturated/α-hetero) is 1. The van der Waals surface area contributed by atoms with Gasteiger partial charge in [0, 0.05) is 12.1 Å². The van der Waals surface area contributed by atoms with Crippen LogP contribution in [0.3, 0.4) is 0 Å². The van der Waals surface area contributed by atoms with Gasteiger partial charge in [-0.05, 0) is 48.1 Å². The van der Waals surface area contributed by atoms with Crippen molar-refractivity contribution in [1.29, 1.82) is 0 Å². The Hall–Kier alpha value is -4.54. The van der Waals surface area contributed by atoms with E-state index in [0.717, 1.165) is 0 Å². The van der Waals surface area contributed by atoms with Crippen LogP contribution in [0.15, 0.2) is 54.6 Å². The summed E-state index contributed by atoms with van der Waals surface area (Å²) in [7, 11) is 1.26. The van der Waals surface area contributed by atoms with Crippen molar-refractivity contribution in [2.75, 3.05) is 7.11 Å². The minimum atomic E-state index is -1.16. The van der Waals surface area contributed by atoms with Crippen LogP contribution < -0.4 is 21.3 Å². The largest absolute Gasteiger partial charge is 0.465 e. The maximum atomic E-state index is 13.2. The quantitative estimate of drug-likeness (QED) is 0.221. The molecule has 0 spiro atoms. The van der Waals surface area contributed by atoms with Gasteiger partial charge in [-0.25, -0.2) is 4.79 Å². The molecule has 0 radical (unpaired) electrons. The molecule has 0 aliphatic carbocycles. The zero-order chi connectivity index (χ0) is 31.6. The molecule has 0 aliphatic rings. The summed E-state index contributed by atoms with van der Waals surface area (Å²) >= 11 is 0. The molecule has 4 N–H and O–H groups in total. The van der Waals surface area contributed by atoms with Gasteiger partial charge in [-0.3, -0.25) is 24.0 Å². The van der Waals surface area contributed by atoms with Crippen molar-refractivity contribution < 1.29 is 33.5 Å². The number of ether oxygens (including phenoxy) is 1. The minimum Gasteiger partial charge on any atom is -0.465 e. The summed E-state index contributed by atoms with van der Waals surface area (Å²) in [5.41, 5.74) is 0.578. The molecule has 0 aromatic heterocycles. The monoisotopic (exact) mass is 580 g/mol. The van der Waals surface area contributed by atoms with Crippen LogP contribution in [0.5, 0.6) is 0 Å². The van der Waals surface area contributed by atoms with E-state index < -0.39 is 64.8 Å². The summed E-state index contributed by atoms with van der Waals surface area (Å²) in [6.07, 6.45) is 0. The number of rotatable bonds is 12. The van der Waals surface area contributed by atoms with Gasteiger partial charge in [0.15, 0.2) is 0 Å². The average Bonchev–Trinajstić information content (AvgIpc) is 2.95.